The zero-order chi connectivity index (χ0) is 14.2. The number of nitrogens with one attached hydrogen (secondary N) is 1. The van der Waals surface area contributed by atoms with Crippen LogP contribution in [0.15, 0.2) is 0 Å². The molecule has 3 N–H and O–H groups in total. The van der Waals surface area contributed by atoms with Crippen LogP contribution in [0.2, 0.25) is 0 Å². The number of hydrogen-bond donors (Lipinski definition) is 2. The highest BCUT2D eigenvalue weighted by Crippen LogP contribution is 2.05. The van der Waals surface area contributed by atoms with Crippen LogP contribution < -0.4 is 11.1 Å². The van der Waals surface area contributed by atoms with E-state index in [0.29, 0.717) is 0 Å². The van der Waals surface area contributed by atoms with E-state index in [9.17, 15) is 4.79 Å². The van der Waals surface area contributed by atoms with Crippen LogP contribution in [-0.2, 0) is 0 Å². The van der Waals surface area contributed by atoms with Gasteiger partial charge in [0.1, 0.15) is 0 Å². The van der Waals surface area contributed by atoms with Crippen LogP contribution in [0, 0.1) is 0 Å². The van der Waals surface area contributed by atoms with Gasteiger partial charge in [-0.05, 0) is 25.9 Å². The fourth-order valence-corrected chi connectivity index (χ4v) is 2.88. The van der Waals surface area contributed by atoms with Gasteiger partial charge in [-0.1, -0.05) is 6.42 Å². The quantitative estimate of drug-likeness (QED) is 0.603. The van der Waals surface area contributed by atoms with Gasteiger partial charge in [0.2, 0.25) is 0 Å². The summed E-state index contributed by atoms with van der Waals surface area (Å²) in [5.74, 6) is 0. The predicted molar refractivity (Wildman–Crippen MR) is 80.8 cm³/mol. The molecule has 0 aromatic heterocycles. The molecule has 6 heteroatoms. The number of carbonyl (C=O) groups is 1. The van der Waals surface area contributed by atoms with Crippen molar-refractivity contribution in [1.82, 2.24) is 20.0 Å². The van der Waals surface area contributed by atoms with Gasteiger partial charge in [0.05, 0.1) is 0 Å². The Bertz CT molecular complexity index is 291. The van der Waals surface area contributed by atoms with Gasteiger partial charge in [0.15, 0.2) is 0 Å². The van der Waals surface area contributed by atoms with E-state index in [1.807, 2.05) is 4.90 Å². The summed E-state index contributed by atoms with van der Waals surface area (Å²) in [6, 6.07) is 0.100. The molecule has 0 radical (unpaired) electrons. The Balaban J connectivity index is 1.54. The number of urea groups is 1. The molecule has 0 aliphatic carbocycles. The number of carbonyl (C=O) groups excluding carboxylic acids is 1. The van der Waals surface area contributed by atoms with E-state index in [1.54, 1.807) is 0 Å². The second-order valence-electron chi connectivity index (χ2n) is 5.75. The zero-order valence-electron chi connectivity index (χ0n) is 12.5. The summed E-state index contributed by atoms with van der Waals surface area (Å²) in [6.07, 6.45) is 3.67. The van der Waals surface area contributed by atoms with Gasteiger partial charge in [-0.25, -0.2) is 4.79 Å². The van der Waals surface area contributed by atoms with E-state index in [4.69, 9.17) is 5.73 Å². The molecule has 2 saturated heterocycles. The fraction of sp³-hybridized carbons (Fsp3) is 0.929. The van der Waals surface area contributed by atoms with Crippen LogP contribution in [0.25, 0.3) is 0 Å². The maximum Gasteiger partial charge on any atom is 0.317 e. The molecule has 2 fully saturated rings. The Morgan fingerprint density at radius 3 is 2.20 bits per heavy atom. The Morgan fingerprint density at radius 2 is 1.60 bits per heavy atom. The number of nitrogens with two attached hydrogens (primary N) is 1. The zero-order valence-corrected chi connectivity index (χ0v) is 12.5. The van der Waals surface area contributed by atoms with E-state index >= 15 is 0 Å². The van der Waals surface area contributed by atoms with E-state index in [1.165, 1.54) is 19.4 Å². The molecule has 0 spiro atoms. The topological polar surface area (TPSA) is 64.8 Å². The number of unbranched alkanes of at least 4 members (excludes halogenated alkanes) is 2. The third-order valence-corrected chi connectivity index (χ3v) is 4.27. The van der Waals surface area contributed by atoms with Crippen molar-refractivity contribution in [2.24, 2.45) is 5.73 Å². The first-order valence-electron chi connectivity index (χ1n) is 7.97. The van der Waals surface area contributed by atoms with Crippen molar-refractivity contribution in [2.45, 2.75) is 19.3 Å². The lowest BCUT2D eigenvalue weighted by Gasteiger charge is -2.35. The molecule has 6 nitrogen and oxygen atoms in total. The number of nitrogens with zero attached hydrogens (tertiary/aromatic N) is 3. The second kappa shape index (κ2) is 8.44. The highest BCUT2D eigenvalue weighted by Gasteiger charge is 2.21. The van der Waals surface area contributed by atoms with Crippen molar-refractivity contribution in [3.8, 4) is 0 Å². The largest absolute Gasteiger partial charge is 0.336 e. The Kier molecular flexibility index (Phi) is 6.56. The third kappa shape index (κ3) is 4.92. The summed E-state index contributed by atoms with van der Waals surface area (Å²) < 4.78 is 0. The molecule has 2 aliphatic rings. The first-order valence-corrected chi connectivity index (χ1v) is 7.97. The van der Waals surface area contributed by atoms with Crippen molar-refractivity contribution >= 4 is 6.03 Å². The molecular formula is C14H29N5O. The molecule has 0 aromatic rings. The number of rotatable bonds is 8. The summed E-state index contributed by atoms with van der Waals surface area (Å²) in [5.41, 5.74) is 5.51. The maximum atomic E-state index is 11.4. The van der Waals surface area contributed by atoms with Gasteiger partial charge in [-0.2, -0.15) is 0 Å². The van der Waals surface area contributed by atoms with E-state index in [-0.39, 0.29) is 6.03 Å². The van der Waals surface area contributed by atoms with Crippen molar-refractivity contribution in [3.63, 3.8) is 0 Å². The molecule has 2 amide bonds. The van der Waals surface area contributed by atoms with E-state index < -0.39 is 0 Å². The maximum absolute atomic E-state index is 11.4. The Morgan fingerprint density at radius 1 is 0.900 bits per heavy atom. The summed E-state index contributed by atoms with van der Waals surface area (Å²) in [6.45, 7) is 10.1. The van der Waals surface area contributed by atoms with Crippen LogP contribution in [0.1, 0.15) is 19.3 Å². The van der Waals surface area contributed by atoms with E-state index in [2.05, 4.69) is 15.1 Å². The average Bonchev–Trinajstić information content (AvgIpc) is 2.88. The van der Waals surface area contributed by atoms with Gasteiger partial charge in [0, 0.05) is 52.4 Å². The number of piperazine rings is 1. The lowest BCUT2D eigenvalue weighted by molar-refractivity contribution is 0.123. The molecule has 116 valence electrons. The van der Waals surface area contributed by atoms with Gasteiger partial charge < -0.3 is 20.9 Å². The highest BCUT2D eigenvalue weighted by atomic mass is 16.2. The molecule has 0 saturated carbocycles. The van der Waals surface area contributed by atoms with Crippen molar-refractivity contribution in [2.75, 3.05) is 65.4 Å². The molecule has 2 aliphatic heterocycles. The molecule has 0 unspecified atom stereocenters. The number of amides is 2. The minimum atomic E-state index is 0.100. The Hall–Kier alpha value is -0.850. The summed E-state index contributed by atoms with van der Waals surface area (Å²) in [7, 11) is 0. The molecule has 2 rings (SSSR count). The van der Waals surface area contributed by atoms with Crippen LogP contribution in [0.5, 0.6) is 0 Å². The lowest BCUT2D eigenvalue weighted by Crippen LogP contribution is -2.48. The lowest BCUT2D eigenvalue weighted by atomic mass is 10.2. The molecule has 0 bridgehead atoms. The second-order valence-corrected chi connectivity index (χ2v) is 5.75. The summed E-state index contributed by atoms with van der Waals surface area (Å²) in [5, 5.41) is 2.85. The monoisotopic (exact) mass is 283 g/mol. The smallest absolute Gasteiger partial charge is 0.317 e. The van der Waals surface area contributed by atoms with Crippen molar-refractivity contribution in [1.29, 1.82) is 0 Å². The highest BCUT2D eigenvalue weighted by molar-refractivity contribution is 5.76. The SMILES string of the molecule is NCCCCCN1CCN(CCN2CCNC2=O)CC1. The fourth-order valence-electron chi connectivity index (χ4n) is 2.88. The number of hydrogen-bond acceptors (Lipinski definition) is 4. The third-order valence-electron chi connectivity index (χ3n) is 4.27. The summed E-state index contributed by atoms with van der Waals surface area (Å²) >= 11 is 0. The van der Waals surface area contributed by atoms with Crippen LogP contribution in [0.4, 0.5) is 4.79 Å². The van der Waals surface area contributed by atoms with Crippen LogP contribution in [-0.4, -0.2) is 86.2 Å². The first-order chi connectivity index (χ1) is 9.79. The van der Waals surface area contributed by atoms with Crippen LogP contribution >= 0.6 is 0 Å². The molecule has 2 heterocycles. The van der Waals surface area contributed by atoms with Gasteiger partial charge in [-0.3, -0.25) is 4.90 Å². The molecule has 0 atom stereocenters. The molecule has 20 heavy (non-hydrogen) atoms. The van der Waals surface area contributed by atoms with Gasteiger partial charge in [-0.15, -0.1) is 0 Å². The molecular weight excluding hydrogens is 254 g/mol. The van der Waals surface area contributed by atoms with Gasteiger partial charge in [0.25, 0.3) is 0 Å². The predicted octanol–water partition coefficient (Wildman–Crippen LogP) is -0.242. The minimum absolute atomic E-state index is 0.100. The minimum Gasteiger partial charge on any atom is -0.336 e. The summed E-state index contributed by atoms with van der Waals surface area (Å²) in [4.78, 5) is 18.4. The standard InChI is InChI=1S/C14H29N5O/c15-4-2-1-3-6-17-8-10-18(11-9-17)12-13-19-7-5-16-14(19)20/h1-13,15H2,(H,16,20). The van der Waals surface area contributed by atoms with Crippen molar-refractivity contribution in [3.05, 3.63) is 0 Å². The van der Waals surface area contributed by atoms with Crippen molar-refractivity contribution < 1.29 is 4.79 Å². The Labute approximate surface area is 122 Å². The normalized spacial score (nSPS) is 21.4. The molecule has 0 aromatic carbocycles. The van der Waals surface area contributed by atoms with Crippen LogP contribution in [0.3, 0.4) is 0 Å². The first kappa shape index (κ1) is 15.5. The average molecular weight is 283 g/mol. The van der Waals surface area contributed by atoms with Gasteiger partial charge >= 0.3 is 6.03 Å². The van der Waals surface area contributed by atoms with E-state index in [0.717, 1.165) is 65.3 Å².